The van der Waals surface area contributed by atoms with Crippen LogP contribution < -0.4 is 0 Å². The van der Waals surface area contributed by atoms with Crippen molar-refractivity contribution in [1.82, 2.24) is 0 Å². The van der Waals surface area contributed by atoms with Crippen LogP contribution in [0.25, 0.3) is 33.0 Å². The molecule has 0 N–H and O–H groups in total. The first-order valence-electron chi connectivity index (χ1n) is 12.6. The second-order valence-electron chi connectivity index (χ2n) is 10.7. The zero-order valence-corrected chi connectivity index (χ0v) is 19.9. The molecule has 0 aromatic heterocycles. The number of hydrogen-bond donors (Lipinski definition) is 0. The lowest BCUT2D eigenvalue weighted by Crippen LogP contribution is -2.30. The van der Waals surface area contributed by atoms with Gasteiger partial charge in [0.15, 0.2) is 0 Å². The molecular formula is C32H29Cl. The van der Waals surface area contributed by atoms with E-state index < -0.39 is 0 Å². The smallest absolute Gasteiger partial charge is 0.0484 e. The highest BCUT2D eigenvalue weighted by Crippen LogP contribution is 2.65. The Morgan fingerprint density at radius 1 is 0.758 bits per heavy atom. The van der Waals surface area contributed by atoms with Crippen molar-refractivity contribution in [3.05, 3.63) is 95.0 Å². The van der Waals surface area contributed by atoms with Crippen LogP contribution in [0.5, 0.6) is 0 Å². The molecule has 0 aliphatic heterocycles. The molecule has 2 fully saturated rings. The molecule has 1 spiro atoms. The summed E-state index contributed by atoms with van der Waals surface area (Å²) in [6, 6.07) is 29.4. The molecule has 0 amide bonds. The Morgan fingerprint density at radius 2 is 1.55 bits per heavy atom. The fourth-order valence-corrected chi connectivity index (χ4v) is 8.07. The van der Waals surface area contributed by atoms with Gasteiger partial charge in [-0.3, -0.25) is 0 Å². The molecule has 2 saturated carbocycles. The van der Waals surface area contributed by atoms with E-state index in [9.17, 15) is 0 Å². The molecule has 3 aliphatic rings. The minimum Gasteiger partial charge on any atom is -0.0837 e. The average molecular weight is 449 g/mol. The largest absolute Gasteiger partial charge is 0.0837 e. The molecule has 3 aliphatic carbocycles. The van der Waals surface area contributed by atoms with Crippen LogP contribution in [0.1, 0.15) is 50.2 Å². The summed E-state index contributed by atoms with van der Waals surface area (Å²) in [6.45, 7) is 2.39. The lowest BCUT2D eigenvalue weighted by atomic mass is 9.67. The Kier molecular flexibility index (Phi) is 4.34. The number of rotatable bonds is 2. The van der Waals surface area contributed by atoms with Crippen molar-refractivity contribution in [3.63, 3.8) is 0 Å². The maximum Gasteiger partial charge on any atom is 0.0484 e. The summed E-state index contributed by atoms with van der Waals surface area (Å²) in [4.78, 5) is 0. The van der Waals surface area contributed by atoms with Gasteiger partial charge in [0, 0.05) is 15.8 Å². The van der Waals surface area contributed by atoms with E-state index in [0.717, 1.165) is 28.2 Å². The van der Waals surface area contributed by atoms with Crippen LogP contribution in [0.4, 0.5) is 0 Å². The summed E-state index contributed by atoms with van der Waals surface area (Å²) in [5.41, 5.74) is 8.91. The molecule has 164 valence electrons. The van der Waals surface area contributed by atoms with Gasteiger partial charge < -0.3 is 0 Å². The van der Waals surface area contributed by atoms with Gasteiger partial charge in [-0.05, 0) is 94.3 Å². The first-order chi connectivity index (χ1) is 16.2. The summed E-state index contributed by atoms with van der Waals surface area (Å²) < 4.78 is 0. The van der Waals surface area contributed by atoms with Gasteiger partial charge in [-0.15, -0.1) is 0 Å². The van der Waals surface area contributed by atoms with Crippen LogP contribution in [0, 0.1) is 17.8 Å². The third-order valence-corrected chi connectivity index (χ3v) is 9.50. The van der Waals surface area contributed by atoms with Gasteiger partial charge in [-0.1, -0.05) is 91.7 Å². The van der Waals surface area contributed by atoms with Crippen LogP contribution in [0.3, 0.4) is 0 Å². The van der Waals surface area contributed by atoms with Crippen molar-refractivity contribution >= 4 is 22.4 Å². The highest BCUT2D eigenvalue weighted by molar-refractivity contribution is 6.36. The molecule has 0 radical (unpaired) electrons. The summed E-state index contributed by atoms with van der Waals surface area (Å²) in [7, 11) is 0. The van der Waals surface area contributed by atoms with Gasteiger partial charge in [0.25, 0.3) is 0 Å². The molecule has 0 nitrogen and oxygen atoms in total. The third-order valence-electron chi connectivity index (χ3n) is 9.17. The second-order valence-corrected chi connectivity index (χ2v) is 11.1. The minimum absolute atomic E-state index is 0.223. The number of halogens is 1. The van der Waals surface area contributed by atoms with Gasteiger partial charge >= 0.3 is 0 Å². The van der Waals surface area contributed by atoms with Crippen LogP contribution >= 0.6 is 11.6 Å². The molecule has 2 bridgehead atoms. The Balaban J connectivity index is 1.44. The fraction of sp³-hybridized carbons (Fsp3) is 0.312. The van der Waals surface area contributed by atoms with Crippen molar-refractivity contribution < 1.29 is 0 Å². The molecule has 4 unspecified atom stereocenters. The SMILES string of the molecule is CCC1CC2CC(C1)C1(C2)c2ccccc2-c2cc(-c3ccc(Cl)c4ccccc34)ccc21. The highest BCUT2D eigenvalue weighted by atomic mass is 35.5. The molecule has 4 atom stereocenters. The summed E-state index contributed by atoms with van der Waals surface area (Å²) >= 11 is 6.53. The van der Waals surface area contributed by atoms with E-state index in [-0.39, 0.29) is 5.41 Å². The lowest BCUT2D eigenvalue weighted by molar-refractivity contribution is 0.237. The molecule has 0 heterocycles. The molecule has 33 heavy (non-hydrogen) atoms. The van der Waals surface area contributed by atoms with E-state index in [1.165, 1.54) is 59.7 Å². The zero-order valence-electron chi connectivity index (χ0n) is 19.2. The van der Waals surface area contributed by atoms with Gasteiger partial charge in [-0.25, -0.2) is 0 Å². The van der Waals surface area contributed by atoms with Crippen molar-refractivity contribution in [2.24, 2.45) is 17.8 Å². The maximum absolute atomic E-state index is 6.53. The monoisotopic (exact) mass is 448 g/mol. The molecule has 1 heteroatoms. The van der Waals surface area contributed by atoms with E-state index in [0.29, 0.717) is 0 Å². The normalized spacial score (nSPS) is 27.2. The van der Waals surface area contributed by atoms with E-state index in [4.69, 9.17) is 11.6 Å². The predicted octanol–water partition coefficient (Wildman–Crippen LogP) is 9.27. The number of benzene rings is 4. The fourth-order valence-electron chi connectivity index (χ4n) is 7.84. The van der Waals surface area contributed by atoms with Gasteiger partial charge in [0.1, 0.15) is 0 Å². The first kappa shape index (κ1) is 19.9. The molecule has 7 rings (SSSR count). The van der Waals surface area contributed by atoms with Crippen LogP contribution in [0.15, 0.2) is 78.9 Å². The Hall–Kier alpha value is -2.57. The lowest BCUT2D eigenvalue weighted by Gasteiger charge is -2.36. The van der Waals surface area contributed by atoms with Gasteiger partial charge in [0.2, 0.25) is 0 Å². The Labute approximate surface area is 201 Å². The number of fused-ring (bicyclic) bond motifs is 9. The molecule has 4 aromatic rings. The van der Waals surface area contributed by atoms with Gasteiger partial charge in [0.05, 0.1) is 0 Å². The highest BCUT2D eigenvalue weighted by Gasteiger charge is 2.56. The van der Waals surface area contributed by atoms with Gasteiger partial charge in [-0.2, -0.15) is 0 Å². The standard InChI is InChI=1S/C32H29Cl/c1-2-20-15-21-17-23(16-20)32(19-21)29-10-6-5-8-26(29)28-18-22(11-13-30(28)32)24-12-14-31(33)27-9-4-3-7-25(24)27/h3-14,18,20-21,23H,2,15-17,19H2,1H3. The second kappa shape index (κ2) is 7.21. The van der Waals surface area contributed by atoms with E-state index >= 15 is 0 Å². The zero-order chi connectivity index (χ0) is 22.2. The van der Waals surface area contributed by atoms with Crippen molar-refractivity contribution in [2.45, 2.75) is 44.4 Å². The Morgan fingerprint density at radius 3 is 2.42 bits per heavy atom. The summed E-state index contributed by atoms with van der Waals surface area (Å²) in [6.07, 6.45) is 6.90. The van der Waals surface area contributed by atoms with Crippen molar-refractivity contribution in [1.29, 1.82) is 0 Å². The molecule has 4 aromatic carbocycles. The quantitative estimate of drug-likeness (QED) is 0.286. The summed E-state index contributed by atoms with van der Waals surface area (Å²) in [5.74, 6) is 2.57. The van der Waals surface area contributed by atoms with Crippen LogP contribution in [-0.2, 0) is 5.41 Å². The molecular weight excluding hydrogens is 420 g/mol. The van der Waals surface area contributed by atoms with Crippen LogP contribution in [-0.4, -0.2) is 0 Å². The molecule has 0 saturated heterocycles. The third kappa shape index (κ3) is 2.71. The van der Waals surface area contributed by atoms with E-state index in [1.807, 2.05) is 6.07 Å². The number of hydrogen-bond acceptors (Lipinski definition) is 0. The van der Waals surface area contributed by atoms with E-state index in [1.54, 1.807) is 11.1 Å². The minimum atomic E-state index is 0.223. The van der Waals surface area contributed by atoms with E-state index in [2.05, 4.69) is 79.7 Å². The summed E-state index contributed by atoms with van der Waals surface area (Å²) in [5, 5.41) is 3.18. The first-order valence-corrected chi connectivity index (χ1v) is 13.0. The Bertz CT molecular complexity index is 1400. The maximum atomic E-state index is 6.53. The van der Waals surface area contributed by atoms with Crippen LogP contribution in [0.2, 0.25) is 5.02 Å². The van der Waals surface area contributed by atoms with Crippen molar-refractivity contribution in [2.75, 3.05) is 0 Å². The predicted molar refractivity (Wildman–Crippen MR) is 140 cm³/mol. The average Bonchev–Trinajstić information content (AvgIpc) is 3.30. The topological polar surface area (TPSA) is 0 Å². The van der Waals surface area contributed by atoms with Crippen molar-refractivity contribution in [3.8, 4) is 22.3 Å².